The third kappa shape index (κ3) is 3.56. The van der Waals surface area contributed by atoms with Gasteiger partial charge in [-0.15, -0.1) is 6.58 Å². The molecule has 0 saturated carbocycles. The Morgan fingerprint density at radius 3 is 2.44 bits per heavy atom. The van der Waals surface area contributed by atoms with E-state index >= 15 is 0 Å². The van der Waals surface area contributed by atoms with Crippen LogP contribution in [0.3, 0.4) is 0 Å². The van der Waals surface area contributed by atoms with Gasteiger partial charge in [-0.1, -0.05) is 29.8 Å². The lowest BCUT2D eigenvalue weighted by Crippen LogP contribution is -2.43. The van der Waals surface area contributed by atoms with Crippen LogP contribution in [0, 0.1) is 13.8 Å². The number of benzene rings is 1. The van der Waals surface area contributed by atoms with Crippen LogP contribution in [0.2, 0.25) is 0 Å². The van der Waals surface area contributed by atoms with Crippen LogP contribution in [0.25, 0.3) is 5.57 Å². The van der Waals surface area contributed by atoms with Gasteiger partial charge in [-0.25, -0.2) is 0 Å². The molecule has 5 heteroatoms. The van der Waals surface area contributed by atoms with Crippen LogP contribution >= 0.6 is 0 Å². The van der Waals surface area contributed by atoms with Crippen molar-refractivity contribution >= 4 is 17.4 Å². The standard InChI is InChI=1S/C22H29N3O2/c1-6-11-25-21(26)19(18-8-7-15(2)14-16(18)3)20(22(25)27)24(5)17-9-12-23(4)13-10-17/h6-8,14,17H,1,9-13H2,2-5H3. The third-order valence-electron chi connectivity index (χ3n) is 5.69. The van der Waals surface area contributed by atoms with Gasteiger partial charge in [0.1, 0.15) is 5.70 Å². The number of carbonyl (C=O) groups excluding carboxylic acids is 2. The number of piperidine rings is 1. The summed E-state index contributed by atoms with van der Waals surface area (Å²) in [6.07, 6.45) is 3.58. The van der Waals surface area contributed by atoms with Crippen molar-refractivity contribution in [1.29, 1.82) is 0 Å². The van der Waals surface area contributed by atoms with E-state index in [1.165, 1.54) is 4.90 Å². The van der Waals surface area contributed by atoms with Crippen LogP contribution in [-0.4, -0.2) is 66.3 Å². The summed E-state index contributed by atoms with van der Waals surface area (Å²) in [5.41, 5.74) is 4.06. The van der Waals surface area contributed by atoms with Gasteiger partial charge in [0, 0.05) is 19.6 Å². The molecule has 3 rings (SSSR count). The quantitative estimate of drug-likeness (QED) is 0.593. The van der Waals surface area contributed by atoms with Crippen molar-refractivity contribution in [2.45, 2.75) is 32.7 Å². The molecular weight excluding hydrogens is 338 g/mol. The summed E-state index contributed by atoms with van der Waals surface area (Å²) < 4.78 is 0. The van der Waals surface area contributed by atoms with Crippen molar-refractivity contribution in [2.75, 3.05) is 33.7 Å². The van der Waals surface area contributed by atoms with Crippen LogP contribution in [0.4, 0.5) is 0 Å². The van der Waals surface area contributed by atoms with E-state index in [-0.39, 0.29) is 24.4 Å². The first-order valence-corrected chi connectivity index (χ1v) is 9.55. The van der Waals surface area contributed by atoms with E-state index in [0.29, 0.717) is 11.3 Å². The third-order valence-corrected chi connectivity index (χ3v) is 5.69. The van der Waals surface area contributed by atoms with Crippen LogP contribution < -0.4 is 0 Å². The first-order valence-electron chi connectivity index (χ1n) is 9.55. The Labute approximate surface area is 161 Å². The van der Waals surface area contributed by atoms with E-state index in [2.05, 4.69) is 24.6 Å². The number of hydrogen-bond acceptors (Lipinski definition) is 4. The van der Waals surface area contributed by atoms with Crippen LogP contribution in [-0.2, 0) is 9.59 Å². The Morgan fingerprint density at radius 1 is 1.19 bits per heavy atom. The molecule has 2 amide bonds. The zero-order chi connectivity index (χ0) is 19.7. The predicted octanol–water partition coefficient (Wildman–Crippen LogP) is 2.60. The number of nitrogens with zero attached hydrogens (tertiary/aromatic N) is 3. The molecule has 27 heavy (non-hydrogen) atoms. The van der Waals surface area contributed by atoms with Gasteiger partial charge < -0.3 is 9.80 Å². The number of hydrogen-bond donors (Lipinski definition) is 0. The van der Waals surface area contributed by atoms with Crippen LogP contribution in [0.5, 0.6) is 0 Å². The van der Waals surface area contributed by atoms with Crippen LogP contribution in [0.15, 0.2) is 36.6 Å². The van der Waals surface area contributed by atoms with Crippen molar-refractivity contribution in [2.24, 2.45) is 0 Å². The van der Waals surface area contributed by atoms with Gasteiger partial charge in [-0.3, -0.25) is 14.5 Å². The second-order valence-corrected chi connectivity index (χ2v) is 7.70. The van der Waals surface area contributed by atoms with Gasteiger partial charge >= 0.3 is 0 Å². The zero-order valence-corrected chi connectivity index (χ0v) is 16.8. The molecule has 1 aromatic carbocycles. The lowest BCUT2D eigenvalue weighted by molar-refractivity contribution is -0.137. The highest BCUT2D eigenvalue weighted by molar-refractivity contribution is 6.35. The smallest absolute Gasteiger partial charge is 0.278 e. The van der Waals surface area contributed by atoms with Gasteiger partial charge in [-0.2, -0.15) is 0 Å². The van der Waals surface area contributed by atoms with Crippen LogP contribution in [0.1, 0.15) is 29.5 Å². The average molecular weight is 367 g/mol. The van der Waals surface area contributed by atoms with Crippen molar-refractivity contribution in [3.8, 4) is 0 Å². The van der Waals surface area contributed by atoms with Gasteiger partial charge in [0.2, 0.25) is 0 Å². The largest absolute Gasteiger partial charge is 0.366 e. The summed E-state index contributed by atoms with van der Waals surface area (Å²) in [6, 6.07) is 6.28. The maximum atomic E-state index is 13.2. The number of aryl methyl sites for hydroxylation is 2. The fourth-order valence-corrected chi connectivity index (χ4v) is 4.09. The molecule has 0 N–H and O–H groups in total. The van der Waals surface area contributed by atoms with E-state index in [4.69, 9.17) is 0 Å². The fraction of sp³-hybridized carbons (Fsp3) is 0.455. The Balaban J connectivity index is 2.07. The molecule has 0 atom stereocenters. The summed E-state index contributed by atoms with van der Waals surface area (Å²) >= 11 is 0. The second kappa shape index (κ2) is 7.69. The van der Waals surface area contributed by atoms with Gasteiger partial charge in [-0.05, 0) is 58.0 Å². The summed E-state index contributed by atoms with van der Waals surface area (Å²) in [7, 11) is 4.07. The molecule has 2 aliphatic rings. The normalized spacial score (nSPS) is 19.2. The monoisotopic (exact) mass is 367 g/mol. The molecular formula is C22H29N3O2. The van der Waals surface area contributed by atoms with E-state index in [9.17, 15) is 9.59 Å². The molecule has 0 unspecified atom stereocenters. The number of likely N-dealkylation sites (tertiary alicyclic amines) is 1. The number of likely N-dealkylation sites (N-methyl/N-ethyl adjacent to an activating group) is 1. The zero-order valence-electron chi connectivity index (χ0n) is 16.8. The molecule has 2 heterocycles. The summed E-state index contributed by atoms with van der Waals surface area (Å²) in [5.74, 6) is -0.432. The summed E-state index contributed by atoms with van der Waals surface area (Å²) in [6.45, 7) is 9.96. The van der Waals surface area contributed by atoms with E-state index in [0.717, 1.165) is 42.6 Å². The molecule has 0 aromatic heterocycles. The maximum absolute atomic E-state index is 13.2. The maximum Gasteiger partial charge on any atom is 0.278 e. The van der Waals surface area contributed by atoms with E-state index in [1.54, 1.807) is 6.08 Å². The highest BCUT2D eigenvalue weighted by atomic mass is 16.2. The molecule has 0 radical (unpaired) electrons. The minimum atomic E-state index is -0.221. The van der Waals surface area contributed by atoms with Crippen molar-refractivity contribution in [3.63, 3.8) is 0 Å². The molecule has 1 fully saturated rings. The summed E-state index contributed by atoms with van der Waals surface area (Å²) in [5, 5.41) is 0. The molecule has 2 aliphatic heterocycles. The highest BCUT2D eigenvalue weighted by Gasteiger charge is 2.42. The highest BCUT2D eigenvalue weighted by Crippen LogP contribution is 2.35. The first-order chi connectivity index (χ1) is 12.8. The number of imide groups is 1. The van der Waals surface area contributed by atoms with Crippen molar-refractivity contribution < 1.29 is 9.59 Å². The van der Waals surface area contributed by atoms with E-state index < -0.39 is 0 Å². The Kier molecular flexibility index (Phi) is 5.51. The number of carbonyl (C=O) groups is 2. The average Bonchev–Trinajstić information content (AvgIpc) is 2.87. The minimum absolute atomic E-state index is 0.212. The van der Waals surface area contributed by atoms with Crippen molar-refractivity contribution in [3.05, 3.63) is 53.2 Å². The first kappa shape index (κ1) is 19.4. The van der Waals surface area contributed by atoms with Gasteiger partial charge in [0.25, 0.3) is 11.8 Å². The molecule has 1 aromatic rings. The summed E-state index contributed by atoms with van der Waals surface area (Å²) in [4.78, 5) is 32.0. The van der Waals surface area contributed by atoms with E-state index in [1.807, 2.05) is 37.9 Å². The topological polar surface area (TPSA) is 43.9 Å². The molecule has 144 valence electrons. The SMILES string of the molecule is C=CCN1C(=O)C(c2ccc(C)cc2C)=C(N(C)C2CCN(C)CC2)C1=O. The minimum Gasteiger partial charge on any atom is -0.366 e. The lowest BCUT2D eigenvalue weighted by atomic mass is 9.96. The molecule has 0 bridgehead atoms. The molecule has 0 aliphatic carbocycles. The predicted molar refractivity (Wildman–Crippen MR) is 108 cm³/mol. The molecule has 1 saturated heterocycles. The van der Waals surface area contributed by atoms with Crippen molar-refractivity contribution in [1.82, 2.24) is 14.7 Å². The Morgan fingerprint density at radius 2 is 1.85 bits per heavy atom. The second-order valence-electron chi connectivity index (χ2n) is 7.70. The number of rotatable bonds is 5. The molecule has 0 spiro atoms. The lowest BCUT2D eigenvalue weighted by Gasteiger charge is -2.36. The number of amides is 2. The fourth-order valence-electron chi connectivity index (χ4n) is 4.09. The molecule has 5 nitrogen and oxygen atoms in total. The Hall–Kier alpha value is -2.40. The van der Waals surface area contributed by atoms with Gasteiger partial charge in [0.15, 0.2) is 0 Å². The Bertz CT molecular complexity index is 804. The van der Waals surface area contributed by atoms with Gasteiger partial charge in [0.05, 0.1) is 5.57 Å².